The molecule has 4 heteroatoms. The van der Waals surface area contributed by atoms with Crippen molar-refractivity contribution < 1.29 is 0 Å². The van der Waals surface area contributed by atoms with Crippen molar-refractivity contribution in [1.82, 2.24) is 10.2 Å². The zero-order valence-electron chi connectivity index (χ0n) is 8.95. The van der Waals surface area contributed by atoms with Gasteiger partial charge in [0.25, 0.3) is 0 Å². The van der Waals surface area contributed by atoms with Crippen LogP contribution in [0.5, 0.6) is 0 Å². The van der Waals surface area contributed by atoms with Crippen molar-refractivity contribution in [2.24, 2.45) is 5.92 Å². The number of aromatic nitrogens is 2. The molecule has 0 radical (unpaired) electrons. The Hall–Kier alpha value is -1.29. The number of nitrogens with one attached hydrogen (secondary N) is 2. The molecule has 2 N–H and O–H groups in total. The summed E-state index contributed by atoms with van der Waals surface area (Å²) in [6.45, 7) is 5.31. The molecule has 0 unspecified atom stereocenters. The molecule has 0 saturated carbocycles. The Morgan fingerprint density at radius 3 is 3.07 bits per heavy atom. The van der Waals surface area contributed by atoms with E-state index in [0.29, 0.717) is 5.92 Å². The van der Waals surface area contributed by atoms with Crippen LogP contribution in [-0.4, -0.2) is 16.7 Å². The Bertz CT molecular complexity index is 403. The van der Waals surface area contributed by atoms with Gasteiger partial charge >= 0.3 is 0 Å². The number of anilines is 1. The van der Waals surface area contributed by atoms with E-state index in [4.69, 9.17) is 0 Å². The lowest BCUT2D eigenvalue weighted by Crippen LogP contribution is -2.07. The average Bonchev–Trinajstić information content (AvgIpc) is 2.85. The van der Waals surface area contributed by atoms with E-state index in [1.54, 1.807) is 11.3 Å². The molecule has 3 nitrogen and oxygen atoms in total. The molecule has 2 heterocycles. The van der Waals surface area contributed by atoms with E-state index in [0.717, 1.165) is 18.1 Å². The molecule has 0 saturated heterocycles. The number of aromatic amines is 1. The third-order valence-corrected chi connectivity index (χ3v) is 2.78. The zero-order valence-corrected chi connectivity index (χ0v) is 9.77. The van der Waals surface area contributed by atoms with Crippen molar-refractivity contribution in [2.45, 2.75) is 13.8 Å². The van der Waals surface area contributed by atoms with Crippen LogP contribution in [0.1, 0.15) is 13.8 Å². The van der Waals surface area contributed by atoms with Crippen molar-refractivity contribution >= 4 is 17.2 Å². The summed E-state index contributed by atoms with van der Waals surface area (Å²) in [4.78, 5) is 0. The largest absolute Gasteiger partial charge is 0.368 e. The molecule has 0 bridgehead atoms. The van der Waals surface area contributed by atoms with E-state index >= 15 is 0 Å². The number of rotatable bonds is 4. The monoisotopic (exact) mass is 221 g/mol. The topological polar surface area (TPSA) is 40.7 Å². The quantitative estimate of drug-likeness (QED) is 0.832. The molecule has 2 rings (SSSR count). The van der Waals surface area contributed by atoms with Crippen molar-refractivity contribution in [3.63, 3.8) is 0 Å². The van der Waals surface area contributed by atoms with Gasteiger partial charge in [0.05, 0.1) is 5.69 Å². The molecule has 0 atom stereocenters. The summed E-state index contributed by atoms with van der Waals surface area (Å²) in [5, 5.41) is 14.7. The van der Waals surface area contributed by atoms with E-state index in [1.165, 1.54) is 5.56 Å². The number of nitrogens with zero attached hydrogens (tertiary/aromatic N) is 1. The second-order valence-electron chi connectivity index (χ2n) is 3.95. The molecule has 0 aliphatic carbocycles. The Morgan fingerprint density at radius 1 is 1.53 bits per heavy atom. The summed E-state index contributed by atoms with van der Waals surface area (Å²) in [5.74, 6) is 1.55. The first-order valence-corrected chi connectivity index (χ1v) is 6.02. The first-order valence-electron chi connectivity index (χ1n) is 5.07. The SMILES string of the molecule is CC(C)CNc1cc(-c2ccsc2)[nH]n1. The van der Waals surface area contributed by atoms with E-state index in [-0.39, 0.29) is 0 Å². The predicted molar refractivity (Wildman–Crippen MR) is 65.2 cm³/mol. The lowest BCUT2D eigenvalue weighted by molar-refractivity contribution is 0.687. The van der Waals surface area contributed by atoms with Gasteiger partial charge in [0, 0.05) is 23.6 Å². The maximum Gasteiger partial charge on any atom is 0.148 e. The van der Waals surface area contributed by atoms with Gasteiger partial charge in [0.2, 0.25) is 0 Å². The molecule has 0 aromatic carbocycles. The number of thiophene rings is 1. The number of H-pyrrole nitrogens is 1. The molecular weight excluding hydrogens is 206 g/mol. The molecule has 0 aliphatic heterocycles. The van der Waals surface area contributed by atoms with Crippen LogP contribution in [-0.2, 0) is 0 Å². The summed E-state index contributed by atoms with van der Waals surface area (Å²) in [6.07, 6.45) is 0. The summed E-state index contributed by atoms with van der Waals surface area (Å²) in [7, 11) is 0. The highest BCUT2D eigenvalue weighted by molar-refractivity contribution is 7.08. The van der Waals surface area contributed by atoms with Crippen LogP contribution in [0.25, 0.3) is 11.3 Å². The molecular formula is C11H15N3S. The van der Waals surface area contributed by atoms with E-state index in [9.17, 15) is 0 Å². The standard InChI is InChI=1S/C11H15N3S/c1-8(2)6-12-11-5-10(13-14-11)9-3-4-15-7-9/h3-5,7-8H,6H2,1-2H3,(H2,12,13,14). The Balaban J connectivity index is 2.04. The van der Waals surface area contributed by atoms with Gasteiger partial charge in [-0.3, -0.25) is 5.10 Å². The number of hydrogen-bond donors (Lipinski definition) is 2. The average molecular weight is 221 g/mol. The van der Waals surface area contributed by atoms with E-state index < -0.39 is 0 Å². The highest BCUT2D eigenvalue weighted by Gasteiger charge is 2.03. The van der Waals surface area contributed by atoms with Crippen LogP contribution < -0.4 is 5.32 Å². The smallest absolute Gasteiger partial charge is 0.148 e. The van der Waals surface area contributed by atoms with Crippen molar-refractivity contribution in [3.05, 3.63) is 22.9 Å². The second kappa shape index (κ2) is 4.49. The maximum atomic E-state index is 4.21. The highest BCUT2D eigenvalue weighted by Crippen LogP contribution is 2.21. The van der Waals surface area contributed by atoms with Gasteiger partial charge < -0.3 is 5.32 Å². The molecule has 0 aliphatic rings. The normalized spacial score (nSPS) is 10.9. The van der Waals surface area contributed by atoms with Gasteiger partial charge in [-0.1, -0.05) is 13.8 Å². The molecule has 2 aromatic rings. The molecule has 0 fully saturated rings. The van der Waals surface area contributed by atoms with Gasteiger partial charge in [-0.2, -0.15) is 16.4 Å². The lowest BCUT2D eigenvalue weighted by Gasteiger charge is -2.04. The fourth-order valence-electron chi connectivity index (χ4n) is 1.29. The minimum absolute atomic E-state index is 0.631. The second-order valence-corrected chi connectivity index (χ2v) is 4.73. The van der Waals surface area contributed by atoms with Crippen LogP contribution in [0.3, 0.4) is 0 Å². The summed E-state index contributed by atoms with van der Waals surface area (Å²) >= 11 is 1.69. The minimum Gasteiger partial charge on any atom is -0.368 e. The Kier molecular flexibility index (Phi) is 3.06. The highest BCUT2D eigenvalue weighted by atomic mass is 32.1. The van der Waals surface area contributed by atoms with Crippen molar-refractivity contribution in [3.8, 4) is 11.3 Å². The summed E-state index contributed by atoms with van der Waals surface area (Å²) < 4.78 is 0. The Labute approximate surface area is 93.5 Å². The molecule has 0 spiro atoms. The predicted octanol–water partition coefficient (Wildman–Crippen LogP) is 3.21. The van der Waals surface area contributed by atoms with Crippen molar-refractivity contribution in [2.75, 3.05) is 11.9 Å². The molecule has 80 valence electrons. The van der Waals surface area contributed by atoms with Gasteiger partial charge in [0.1, 0.15) is 5.82 Å². The lowest BCUT2D eigenvalue weighted by atomic mass is 10.2. The minimum atomic E-state index is 0.631. The van der Waals surface area contributed by atoms with E-state index in [1.807, 2.05) is 6.07 Å². The number of hydrogen-bond acceptors (Lipinski definition) is 3. The van der Waals surface area contributed by atoms with Crippen LogP contribution >= 0.6 is 11.3 Å². The van der Waals surface area contributed by atoms with Crippen LogP contribution in [0, 0.1) is 5.92 Å². The fourth-order valence-corrected chi connectivity index (χ4v) is 1.94. The Morgan fingerprint density at radius 2 is 2.40 bits per heavy atom. The fraction of sp³-hybridized carbons (Fsp3) is 0.364. The first-order chi connectivity index (χ1) is 7.25. The van der Waals surface area contributed by atoms with Gasteiger partial charge in [0.15, 0.2) is 0 Å². The van der Waals surface area contributed by atoms with Gasteiger partial charge in [-0.25, -0.2) is 0 Å². The summed E-state index contributed by atoms with van der Waals surface area (Å²) in [5.41, 5.74) is 2.27. The summed E-state index contributed by atoms with van der Waals surface area (Å²) in [6, 6.07) is 4.13. The zero-order chi connectivity index (χ0) is 10.7. The van der Waals surface area contributed by atoms with E-state index in [2.05, 4.69) is 46.2 Å². The molecule has 15 heavy (non-hydrogen) atoms. The van der Waals surface area contributed by atoms with Crippen molar-refractivity contribution in [1.29, 1.82) is 0 Å². The third kappa shape index (κ3) is 2.59. The van der Waals surface area contributed by atoms with Crippen LogP contribution in [0.15, 0.2) is 22.9 Å². The first kappa shape index (κ1) is 10.2. The molecule has 0 amide bonds. The third-order valence-electron chi connectivity index (χ3n) is 2.10. The van der Waals surface area contributed by atoms with Crippen LogP contribution in [0.2, 0.25) is 0 Å². The van der Waals surface area contributed by atoms with Gasteiger partial charge in [-0.05, 0) is 17.4 Å². The van der Waals surface area contributed by atoms with Crippen LogP contribution in [0.4, 0.5) is 5.82 Å². The maximum absolute atomic E-state index is 4.21. The van der Waals surface area contributed by atoms with Gasteiger partial charge in [-0.15, -0.1) is 0 Å². The molecule has 2 aromatic heterocycles.